The van der Waals surface area contributed by atoms with Crippen LogP contribution in [0.4, 0.5) is 22.0 Å². The van der Waals surface area contributed by atoms with Crippen LogP contribution in [0.1, 0.15) is 44.4 Å². The Morgan fingerprint density at radius 3 is 2.32 bits per heavy atom. The Balaban J connectivity index is 2.01. The van der Waals surface area contributed by atoms with E-state index in [1.165, 1.54) is 18.4 Å². The first-order valence-corrected chi connectivity index (χ1v) is 9.62. The van der Waals surface area contributed by atoms with Crippen LogP contribution >= 0.6 is 0 Å². The maximum atomic E-state index is 13.8. The predicted molar refractivity (Wildman–Crippen MR) is 104 cm³/mol. The summed E-state index contributed by atoms with van der Waals surface area (Å²) in [6.07, 6.45) is -2.85. The van der Waals surface area contributed by atoms with Gasteiger partial charge in [-0.3, -0.25) is 4.79 Å². The van der Waals surface area contributed by atoms with Crippen LogP contribution in [0.25, 0.3) is 16.6 Å². The molecule has 0 radical (unpaired) electrons. The van der Waals surface area contributed by atoms with Crippen molar-refractivity contribution in [3.8, 4) is 11.1 Å². The monoisotopic (exact) mass is 440 g/mol. The summed E-state index contributed by atoms with van der Waals surface area (Å²) in [6, 6.07) is 4.48. The third-order valence-electron chi connectivity index (χ3n) is 4.69. The van der Waals surface area contributed by atoms with E-state index in [0.717, 1.165) is 30.5 Å². The number of aryl methyl sites for hydroxylation is 1. The summed E-state index contributed by atoms with van der Waals surface area (Å²) < 4.78 is 68.5. The van der Waals surface area contributed by atoms with Gasteiger partial charge in [0.05, 0.1) is 22.4 Å². The summed E-state index contributed by atoms with van der Waals surface area (Å²) >= 11 is 0. The number of Topliss-reactive ketones (excluding diaryl/α,β-unsaturated/α-hetero) is 1. The molecule has 0 aliphatic rings. The van der Waals surface area contributed by atoms with Crippen LogP contribution in [0.2, 0.25) is 0 Å². The second-order valence-corrected chi connectivity index (χ2v) is 8.10. The van der Waals surface area contributed by atoms with E-state index in [1.807, 2.05) is 0 Å². The maximum absolute atomic E-state index is 13.8. The maximum Gasteiger partial charge on any atom is 0.416 e. The molecule has 0 spiro atoms. The van der Waals surface area contributed by atoms with Gasteiger partial charge in [-0.25, -0.2) is 13.3 Å². The fraction of sp³-hybridized carbons (Fsp3) is 0.364. The number of alkyl halides is 3. The van der Waals surface area contributed by atoms with Gasteiger partial charge in [0.1, 0.15) is 17.4 Å². The molecule has 2 aromatic heterocycles. The van der Waals surface area contributed by atoms with E-state index in [1.54, 1.807) is 0 Å². The van der Waals surface area contributed by atoms with E-state index in [2.05, 4.69) is 5.10 Å². The molecule has 2 heterocycles. The Morgan fingerprint density at radius 1 is 1.10 bits per heavy atom. The first-order valence-electron chi connectivity index (χ1n) is 9.62. The van der Waals surface area contributed by atoms with Crippen LogP contribution in [0.5, 0.6) is 0 Å². The summed E-state index contributed by atoms with van der Waals surface area (Å²) in [5.41, 5.74) is -1.44. The van der Waals surface area contributed by atoms with Crippen molar-refractivity contribution in [2.24, 2.45) is 0 Å². The standard InChI is InChI=1S/C22H21F5N2O2/c1-21(2,31)12-17(30)4-3-5-18-20(13-8-15(23)11-16(24)9-13)19-10-14(22(25,26)27)6-7-29(19)28-18/h6-11,31H,3-5,12H2,1-2H3. The molecule has 0 atom stereocenters. The van der Waals surface area contributed by atoms with Crippen molar-refractivity contribution in [2.45, 2.75) is 51.3 Å². The molecule has 0 amide bonds. The normalized spacial score (nSPS) is 12.5. The number of carbonyl (C=O) groups excluding carboxylic acids is 1. The van der Waals surface area contributed by atoms with Crippen molar-refractivity contribution in [3.63, 3.8) is 0 Å². The SMILES string of the molecule is CC(C)(O)CC(=O)CCCc1nn2ccc(C(F)(F)F)cc2c1-c1cc(F)cc(F)c1. The molecule has 0 saturated heterocycles. The summed E-state index contributed by atoms with van der Waals surface area (Å²) in [4.78, 5) is 12.0. The van der Waals surface area contributed by atoms with Gasteiger partial charge in [-0.05, 0) is 56.5 Å². The summed E-state index contributed by atoms with van der Waals surface area (Å²) in [5, 5.41) is 14.0. The highest BCUT2D eigenvalue weighted by Crippen LogP contribution is 2.35. The number of aliphatic hydroxyl groups is 1. The molecule has 0 aliphatic carbocycles. The van der Waals surface area contributed by atoms with Crippen LogP contribution in [0, 0.1) is 11.6 Å². The number of hydrogen-bond acceptors (Lipinski definition) is 3. The van der Waals surface area contributed by atoms with Crippen LogP contribution < -0.4 is 0 Å². The Kier molecular flexibility index (Phi) is 6.18. The number of halogens is 5. The van der Waals surface area contributed by atoms with Gasteiger partial charge in [0.2, 0.25) is 0 Å². The molecule has 9 heteroatoms. The largest absolute Gasteiger partial charge is 0.416 e. The zero-order valence-corrected chi connectivity index (χ0v) is 16.9. The van der Waals surface area contributed by atoms with Crippen molar-refractivity contribution in [1.29, 1.82) is 0 Å². The van der Waals surface area contributed by atoms with Crippen molar-refractivity contribution >= 4 is 11.3 Å². The minimum absolute atomic E-state index is 0.0327. The Hall–Kier alpha value is -2.81. The third-order valence-corrected chi connectivity index (χ3v) is 4.69. The lowest BCUT2D eigenvalue weighted by molar-refractivity contribution is -0.137. The number of pyridine rings is 1. The fourth-order valence-corrected chi connectivity index (χ4v) is 3.48. The molecule has 0 bridgehead atoms. The van der Waals surface area contributed by atoms with E-state index in [0.29, 0.717) is 18.2 Å². The van der Waals surface area contributed by atoms with Gasteiger partial charge in [-0.15, -0.1) is 0 Å². The van der Waals surface area contributed by atoms with Crippen molar-refractivity contribution < 1.29 is 31.9 Å². The molecule has 3 aromatic rings. The molecule has 4 nitrogen and oxygen atoms in total. The molecule has 166 valence electrons. The zero-order chi connectivity index (χ0) is 23.0. The molecular weight excluding hydrogens is 419 g/mol. The van der Waals surface area contributed by atoms with Crippen molar-refractivity contribution in [1.82, 2.24) is 9.61 Å². The van der Waals surface area contributed by atoms with Gasteiger partial charge in [-0.2, -0.15) is 18.3 Å². The molecule has 31 heavy (non-hydrogen) atoms. The quantitative estimate of drug-likeness (QED) is 0.504. The molecule has 1 aromatic carbocycles. The summed E-state index contributed by atoms with van der Waals surface area (Å²) in [7, 11) is 0. The lowest BCUT2D eigenvalue weighted by Crippen LogP contribution is -2.23. The second-order valence-electron chi connectivity index (χ2n) is 8.10. The fourth-order valence-electron chi connectivity index (χ4n) is 3.48. The lowest BCUT2D eigenvalue weighted by atomic mass is 9.97. The molecule has 0 aliphatic heterocycles. The molecular formula is C22H21F5N2O2. The number of fused-ring (bicyclic) bond motifs is 1. The van der Waals surface area contributed by atoms with E-state index in [-0.39, 0.29) is 41.7 Å². The average molecular weight is 440 g/mol. The van der Waals surface area contributed by atoms with E-state index in [4.69, 9.17) is 0 Å². The van der Waals surface area contributed by atoms with Gasteiger partial charge in [0.15, 0.2) is 0 Å². The number of nitrogens with zero attached hydrogens (tertiary/aromatic N) is 2. The number of aromatic nitrogens is 2. The van der Waals surface area contributed by atoms with Crippen LogP contribution in [0.15, 0.2) is 36.5 Å². The summed E-state index contributed by atoms with van der Waals surface area (Å²) in [6.45, 7) is 3.03. The van der Waals surface area contributed by atoms with E-state index < -0.39 is 29.0 Å². The summed E-state index contributed by atoms with van der Waals surface area (Å²) in [5.74, 6) is -1.91. The van der Waals surface area contributed by atoms with Crippen LogP contribution in [0.3, 0.4) is 0 Å². The highest BCUT2D eigenvalue weighted by Gasteiger charge is 2.31. The smallest absolute Gasteiger partial charge is 0.390 e. The molecule has 1 N–H and O–H groups in total. The van der Waals surface area contributed by atoms with Gasteiger partial charge in [0, 0.05) is 30.7 Å². The minimum Gasteiger partial charge on any atom is -0.390 e. The zero-order valence-electron chi connectivity index (χ0n) is 16.9. The number of rotatable bonds is 7. The molecule has 0 fully saturated rings. The predicted octanol–water partition coefficient (Wildman–Crippen LogP) is 5.35. The third kappa shape index (κ3) is 5.66. The first-order chi connectivity index (χ1) is 14.3. The highest BCUT2D eigenvalue weighted by molar-refractivity contribution is 5.83. The Labute approximate surface area is 175 Å². The van der Waals surface area contributed by atoms with Crippen molar-refractivity contribution in [3.05, 3.63) is 59.4 Å². The number of carbonyl (C=O) groups is 1. The molecule has 0 unspecified atom stereocenters. The second kappa shape index (κ2) is 8.37. The van der Waals surface area contributed by atoms with Gasteiger partial charge in [0.25, 0.3) is 0 Å². The van der Waals surface area contributed by atoms with Gasteiger partial charge in [-0.1, -0.05) is 0 Å². The number of ketones is 1. The van der Waals surface area contributed by atoms with Crippen molar-refractivity contribution in [2.75, 3.05) is 0 Å². The number of benzene rings is 1. The van der Waals surface area contributed by atoms with E-state index in [9.17, 15) is 31.9 Å². The van der Waals surface area contributed by atoms with Crippen LogP contribution in [-0.4, -0.2) is 26.1 Å². The first kappa shape index (κ1) is 22.9. The molecule has 3 rings (SSSR count). The Morgan fingerprint density at radius 2 is 1.74 bits per heavy atom. The van der Waals surface area contributed by atoms with Crippen LogP contribution in [-0.2, 0) is 17.4 Å². The van der Waals surface area contributed by atoms with E-state index >= 15 is 0 Å². The topological polar surface area (TPSA) is 54.6 Å². The minimum atomic E-state index is -4.60. The Bertz CT molecular complexity index is 1090. The van der Waals surface area contributed by atoms with Gasteiger partial charge >= 0.3 is 6.18 Å². The highest BCUT2D eigenvalue weighted by atomic mass is 19.4. The average Bonchev–Trinajstić information content (AvgIpc) is 2.95. The molecule has 0 saturated carbocycles. The number of hydrogen-bond donors (Lipinski definition) is 1. The lowest BCUT2D eigenvalue weighted by Gasteiger charge is -2.15. The van der Waals surface area contributed by atoms with Gasteiger partial charge < -0.3 is 5.11 Å².